The van der Waals surface area contributed by atoms with Crippen LogP contribution in [0.25, 0.3) is 0 Å². The van der Waals surface area contributed by atoms with Crippen LogP contribution in [0.2, 0.25) is 0 Å². The number of para-hydroxylation sites is 1. The molecule has 0 unspecified atom stereocenters. The lowest BCUT2D eigenvalue weighted by atomic mass is 9.53. The third-order valence-corrected chi connectivity index (χ3v) is 8.57. The quantitative estimate of drug-likeness (QED) is 0.593. The van der Waals surface area contributed by atoms with E-state index in [2.05, 4.69) is 36.4 Å². The second-order valence-corrected chi connectivity index (χ2v) is 9.83. The van der Waals surface area contributed by atoms with E-state index >= 15 is 0 Å². The normalized spacial score (nSPS) is 32.6. The maximum atomic E-state index is 12.8. The average molecular weight is 430 g/mol. The van der Waals surface area contributed by atoms with Crippen molar-refractivity contribution in [3.8, 4) is 18.1 Å². The molecule has 1 N–H and O–H groups in total. The van der Waals surface area contributed by atoms with Gasteiger partial charge in [0.25, 0.3) is 0 Å². The van der Waals surface area contributed by atoms with Crippen LogP contribution in [0.1, 0.15) is 56.1 Å². The van der Waals surface area contributed by atoms with Gasteiger partial charge in [0.05, 0.1) is 7.11 Å². The number of fused-ring (bicyclic) bond motifs is 5. The van der Waals surface area contributed by atoms with E-state index in [0.29, 0.717) is 23.4 Å². The van der Waals surface area contributed by atoms with Crippen LogP contribution in [0.5, 0.6) is 5.75 Å². The number of ether oxygens (including phenoxy) is 2. The number of terminal acetylenes is 1. The summed E-state index contributed by atoms with van der Waals surface area (Å²) in [4.78, 5) is 12.8. The Morgan fingerprint density at radius 1 is 1.12 bits per heavy atom. The van der Waals surface area contributed by atoms with Crippen molar-refractivity contribution in [3.63, 3.8) is 0 Å². The number of benzene rings is 2. The lowest BCUT2D eigenvalue weighted by molar-refractivity contribution is -0.0680. The number of nitrogens with one attached hydrogen (secondary N) is 1. The minimum absolute atomic E-state index is 0.207. The molecule has 5 atom stereocenters. The van der Waals surface area contributed by atoms with Gasteiger partial charge in [-0.2, -0.15) is 0 Å². The zero-order valence-electron chi connectivity index (χ0n) is 18.9. The smallest absolute Gasteiger partial charge is 0.413 e. The van der Waals surface area contributed by atoms with E-state index in [1.165, 1.54) is 11.1 Å². The van der Waals surface area contributed by atoms with Crippen molar-refractivity contribution in [1.82, 2.24) is 0 Å². The van der Waals surface area contributed by atoms with Crippen LogP contribution in [0.15, 0.2) is 48.5 Å². The van der Waals surface area contributed by atoms with Crippen molar-refractivity contribution in [2.45, 2.75) is 57.0 Å². The number of carbonyl (C=O) groups is 1. The minimum atomic E-state index is -0.859. The van der Waals surface area contributed by atoms with Gasteiger partial charge in [0.1, 0.15) is 5.75 Å². The molecular formula is C28H31NO3. The van der Waals surface area contributed by atoms with Gasteiger partial charge >= 0.3 is 6.09 Å². The minimum Gasteiger partial charge on any atom is -0.497 e. The molecule has 1 amide bonds. The SMILES string of the molecule is C#C[C@]1(OC(=O)Nc2ccccc2)CC[C@H]2[C@@H]3CCc4cc(OC)ccc4[C@H]3CC[C@@]21C. The highest BCUT2D eigenvalue weighted by Gasteiger charge is 2.63. The number of hydrogen-bond acceptors (Lipinski definition) is 3. The molecule has 166 valence electrons. The van der Waals surface area contributed by atoms with Gasteiger partial charge in [-0.25, -0.2) is 4.79 Å². The topological polar surface area (TPSA) is 47.6 Å². The number of methoxy groups -OCH3 is 1. The maximum absolute atomic E-state index is 12.8. The van der Waals surface area contributed by atoms with Crippen molar-refractivity contribution < 1.29 is 14.3 Å². The van der Waals surface area contributed by atoms with Gasteiger partial charge < -0.3 is 9.47 Å². The number of aryl methyl sites for hydroxylation is 1. The molecule has 2 aromatic carbocycles. The van der Waals surface area contributed by atoms with Crippen LogP contribution >= 0.6 is 0 Å². The first-order chi connectivity index (χ1) is 15.5. The van der Waals surface area contributed by atoms with Crippen LogP contribution in [0.4, 0.5) is 10.5 Å². The van der Waals surface area contributed by atoms with Crippen LogP contribution in [0, 0.1) is 29.6 Å². The monoisotopic (exact) mass is 429 g/mol. The maximum Gasteiger partial charge on any atom is 0.413 e. The van der Waals surface area contributed by atoms with Gasteiger partial charge in [-0.05, 0) is 91.7 Å². The highest BCUT2D eigenvalue weighted by Crippen LogP contribution is 2.65. The molecule has 4 nitrogen and oxygen atoms in total. The molecule has 0 aromatic heterocycles. The van der Waals surface area contributed by atoms with E-state index < -0.39 is 11.7 Å². The van der Waals surface area contributed by atoms with Crippen LogP contribution < -0.4 is 10.1 Å². The van der Waals surface area contributed by atoms with Crippen molar-refractivity contribution in [3.05, 3.63) is 59.7 Å². The van der Waals surface area contributed by atoms with Crippen molar-refractivity contribution >= 4 is 11.8 Å². The van der Waals surface area contributed by atoms with Crippen molar-refractivity contribution in [1.29, 1.82) is 0 Å². The predicted molar refractivity (Wildman–Crippen MR) is 126 cm³/mol. The Morgan fingerprint density at radius 2 is 1.94 bits per heavy atom. The molecule has 4 heteroatoms. The molecule has 0 heterocycles. The van der Waals surface area contributed by atoms with Crippen molar-refractivity contribution in [2.75, 3.05) is 12.4 Å². The highest BCUT2D eigenvalue weighted by atomic mass is 16.6. The van der Waals surface area contributed by atoms with E-state index in [4.69, 9.17) is 15.9 Å². The Hall–Kier alpha value is -2.93. The Kier molecular flexibility index (Phi) is 5.16. The number of amides is 1. The summed E-state index contributed by atoms with van der Waals surface area (Å²) in [6, 6.07) is 15.9. The Balaban J connectivity index is 1.39. The zero-order valence-corrected chi connectivity index (χ0v) is 18.9. The largest absolute Gasteiger partial charge is 0.497 e. The van der Waals surface area contributed by atoms with E-state index in [-0.39, 0.29) is 5.41 Å². The summed E-state index contributed by atoms with van der Waals surface area (Å²) in [5.74, 6) is 5.48. The summed E-state index contributed by atoms with van der Waals surface area (Å²) in [5.41, 5.74) is 2.55. The van der Waals surface area contributed by atoms with Gasteiger partial charge in [0, 0.05) is 11.1 Å². The van der Waals surface area contributed by atoms with Crippen molar-refractivity contribution in [2.24, 2.45) is 17.3 Å². The fourth-order valence-electron chi connectivity index (χ4n) is 6.94. The molecule has 3 aliphatic carbocycles. The number of rotatable bonds is 3. The van der Waals surface area contributed by atoms with Gasteiger partial charge in [-0.1, -0.05) is 37.1 Å². The van der Waals surface area contributed by atoms with Crippen LogP contribution in [-0.4, -0.2) is 18.8 Å². The van der Waals surface area contributed by atoms with E-state index in [0.717, 1.165) is 44.3 Å². The summed E-state index contributed by atoms with van der Waals surface area (Å²) < 4.78 is 11.5. The summed E-state index contributed by atoms with van der Waals surface area (Å²) in [5, 5.41) is 2.85. The van der Waals surface area contributed by atoms with Gasteiger partial charge in [-0.3, -0.25) is 5.32 Å². The summed E-state index contributed by atoms with van der Waals surface area (Å²) in [7, 11) is 1.73. The highest BCUT2D eigenvalue weighted by molar-refractivity contribution is 5.85. The fraction of sp³-hybridized carbons (Fsp3) is 0.464. The predicted octanol–water partition coefficient (Wildman–Crippen LogP) is 6.17. The molecule has 32 heavy (non-hydrogen) atoms. The number of carbonyl (C=O) groups excluding carboxylic acids is 1. The Labute approximate surface area is 190 Å². The molecule has 5 rings (SSSR count). The Bertz CT molecular complexity index is 1060. The molecular weight excluding hydrogens is 398 g/mol. The molecule has 2 fully saturated rings. The third-order valence-electron chi connectivity index (χ3n) is 8.57. The lowest BCUT2D eigenvalue weighted by Crippen LogP contribution is -2.52. The van der Waals surface area contributed by atoms with Crippen LogP contribution in [-0.2, 0) is 11.2 Å². The molecule has 3 aliphatic rings. The third kappa shape index (κ3) is 3.18. The van der Waals surface area contributed by atoms with Gasteiger partial charge in [0.2, 0.25) is 0 Å². The average Bonchev–Trinajstić information content (AvgIpc) is 3.11. The molecule has 0 spiro atoms. The van der Waals surface area contributed by atoms with Crippen LogP contribution in [0.3, 0.4) is 0 Å². The lowest BCUT2D eigenvalue weighted by Gasteiger charge is -2.52. The summed E-state index contributed by atoms with van der Waals surface area (Å²) in [6.45, 7) is 2.26. The van der Waals surface area contributed by atoms with E-state index in [9.17, 15) is 4.79 Å². The molecule has 0 bridgehead atoms. The Morgan fingerprint density at radius 3 is 2.69 bits per heavy atom. The number of hydrogen-bond donors (Lipinski definition) is 1. The zero-order chi connectivity index (χ0) is 22.3. The fourth-order valence-corrected chi connectivity index (χ4v) is 6.94. The molecule has 0 radical (unpaired) electrons. The molecule has 2 saturated carbocycles. The first kappa shape index (κ1) is 20.9. The summed E-state index contributed by atoms with van der Waals surface area (Å²) in [6.07, 6.45) is 11.6. The first-order valence-electron chi connectivity index (χ1n) is 11.7. The molecule has 0 aliphatic heterocycles. The standard InChI is InChI=1S/C28H31NO3/c1-4-28(32-26(30)29-20-8-6-5-7-9-20)17-15-25-24-12-10-19-18-21(31-3)11-13-22(19)23(24)14-16-27(25,28)2/h1,5-9,11,13,18,23-25H,10,12,14-17H2,2-3H3,(H,29,30)/t23-,24-,25+,27+,28+/m1/s1. The molecule has 2 aromatic rings. The van der Waals surface area contributed by atoms with Gasteiger partial charge in [-0.15, -0.1) is 6.42 Å². The first-order valence-corrected chi connectivity index (χ1v) is 11.7. The number of anilines is 1. The van der Waals surface area contributed by atoms with E-state index in [1.807, 2.05) is 30.3 Å². The second-order valence-electron chi connectivity index (χ2n) is 9.83. The van der Waals surface area contributed by atoms with E-state index in [1.54, 1.807) is 7.11 Å². The molecule has 0 saturated heterocycles. The van der Waals surface area contributed by atoms with Gasteiger partial charge in [0.15, 0.2) is 5.60 Å². The second kappa shape index (κ2) is 7.89. The summed E-state index contributed by atoms with van der Waals surface area (Å²) >= 11 is 0.